The summed E-state index contributed by atoms with van der Waals surface area (Å²) in [7, 11) is 0. The zero-order valence-corrected chi connectivity index (χ0v) is 12.9. The number of aromatic nitrogens is 1. The number of aryl methyl sites for hydroxylation is 1. The summed E-state index contributed by atoms with van der Waals surface area (Å²) < 4.78 is 5.36. The number of morpholine rings is 1. The third-order valence-corrected chi connectivity index (χ3v) is 4.14. The Hall–Kier alpha value is -1.85. The summed E-state index contributed by atoms with van der Waals surface area (Å²) in [5.41, 5.74) is 3.68. The molecule has 1 atom stereocenters. The Bertz CT molecular complexity index is 644. The highest BCUT2D eigenvalue weighted by atomic mass is 16.5. The van der Waals surface area contributed by atoms with Crippen molar-refractivity contribution in [3.05, 3.63) is 35.5 Å². The van der Waals surface area contributed by atoms with Crippen molar-refractivity contribution in [1.29, 1.82) is 0 Å². The van der Waals surface area contributed by atoms with Crippen molar-refractivity contribution in [2.24, 2.45) is 0 Å². The molecule has 22 heavy (non-hydrogen) atoms. The largest absolute Gasteiger partial charge is 0.378 e. The summed E-state index contributed by atoms with van der Waals surface area (Å²) in [6, 6.07) is 6.40. The Kier molecular flexibility index (Phi) is 4.75. The summed E-state index contributed by atoms with van der Waals surface area (Å²) in [4.78, 5) is 15.2. The lowest BCUT2D eigenvalue weighted by Crippen LogP contribution is -2.44. The molecule has 1 amide bonds. The summed E-state index contributed by atoms with van der Waals surface area (Å²) in [6.45, 7) is 4.96. The van der Waals surface area contributed by atoms with Crippen LogP contribution in [0.3, 0.4) is 0 Å². The maximum Gasteiger partial charge on any atom is 0.221 e. The number of fused-ring (bicyclic) bond motifs is 1. The fourth-order valence-corrected chi connectivity index (χ4v) is 3.03. The van der Waals surface area contributed by atoms with Crippen LogP contribution in [0.2, 0.25) is 0 Å². The monoisotopic (exact) mass is 301 g/mol. The summed E-state index contributed by atoms with van der Waals surface area (Å²) in [5, 5.41) is 7.58. The predicted octanol–water partition coefficient (Wildman–Crippen LogP) is 1.51. The summed E-state index contributed by atoms with van der Waals surface area (Å²) >= 11 is 0. The molecule has 1 aromatic heterocycles. The highest BCUT2D eigenvalue weighted by molar-refractivity contribution is 5.86. The first kappa shape index (κ1) is 15.1. The molecule has 0 aliphatic carbocycles. The molecule has 0 radical (unpaired) electrons. The molecule has 1 aliphatic rings. The average Bonchev–Trinajstić information content (AvgIpc) is 2.93. The Morgan fingerprint density at radius 1 is 1.45 bits per heavy atom. The topological polar surface area (TPSA) is 66.2 Å². The van der Waals surface area contributed by atoms with E-state index in [4.69, 9.17) is 4.74 Å². The standard InChI is InChI=1S/C17H23N3O2/c1-12-3-2-4-15-17(12)13(10-20-15)5-6-19-16(21)9-14-11-22-8-7-18-14/h2-4,10,14,18,20H,5-9,11H2,1H3,(H,19,21). The minimum atomic E-state index is 0.0829. The quantitative estimate of drug-likeness (QED) is 0.784. The molecule has 2 aromatic rings. The second-order valence-electron chi connectivity index (χ2n) is 5.84. The lowest BCUT2D eigenvalue weighted by molar-refractivity contribution is -0.122. The third kappa shape index (κ3) is 3.48. The molecule has 1 unspecified atom stereocenters. The van der Waals surface area contributed by atoms with E-state index in [1.165, 1.54) is 16.5 Å². The Balaban J connectivity index is 1.50. The lowest BCUT2D eigenvalue weighted by atomic mass is 10.1. The Morgan fingerprint density at radius 3 is 3.18 bits per heavy atom. The fourth-order valence-electron chi connectivity index (χ4n) is 3.03. The Labute approximate surface area is 130 Å². The van der Waals surface area contributed by atoms with Gasteiger partial charge in [0.2, 0.25) is 5.91 Å². The highest BCUT2D eigenvalue weighted by Crippen LogP contribution is 2.22. The number of rotatable bonds is 5. The van der Waals surface area contributed by atoms with Crippen LogP contribution in [-0.2, 0) is 16.0 Å². The molecule has 3 rings (SSSR count). The van der Waals surface area contributed by atoms with E-state index in [1.54, 1.807) is 0 Å². The molecule has 1 fully saturated rings. The molecule has 0 bridgehead atoms. The normalized spacial score (nSPS) is 18.5. The van der Waals surface area contributed by atoms with Crippen LogP contribution in [0.4, 0.5) is 0 Å². The van der Waals surface area contributed by atoms with Gasteiger partial charge in [0, 0.05) is 42.7 Å². The predicted molar refractivity (Wildman–Crippen MR) is 87.0 cm³/mol. The zero-order chi connectivity index (χ0) is 15.4. The molecule has 5 nitrogen and oxygen atoms in total. The number of carbonyl (C=O) groups is 1. The second kappa shape index (κ2) is 6.94. The number of ether oxygens (including phenoxy) is 1. The van der Waals surface area contributed by atoms with Gasteiger partial charge in [0.15, 0.2) is 0 Å². The van der Waals surface area contributed by atoms with E-state index in [0.717, 1.165) is 25.1 Å². The van der Waals surface area contributed by atoms with E-state index in [2.05, 4.69) is 40.7 Å². The molecule has 0 spiro atoms. The number of carbonyl (C=O) groups excluding carboxylic acids is 1. The van der Waals surface area contributed by atoms with Gasteiger partial charge in [0.25, 0.3) is 0 Å². The van der Waals surface area contributed by atoms with Gasteiger partial charge < -0.3 is 20.4 Å². The van der Waals surface area contributed by atoms with Gasteiger partial charge in [-0.1, -0.05) is 12.1 Å². The van der Waals surface area contributed by atoms with Crippen LogP contribution in [0.5, 0.6) is 0 Å². The molecule has 0 saturated carbocycles. The minimum Gasteiger partial charge on any atom is -0.378 e. The molecule has 1 aliphatic heterocycles. The van der Waals surface area contributed by atoms with Gasteiger partial charge in [0.05, 0.1) is 13.2 Å². The van der Waals surface area contributed by atoms with Crippen molar-refractivity contribution in [1.82, 2.24) is 15.6 Å². The van der Waals surface area contributed by atoms with E-state index in [1.807, 2.05) is 6.20 Å². The van der Waals surface area contributed by atoms with Crippen molar-refractivity contribution in [3.8, 4) is 0 Å². The first-order chi connectivity index (χ1) is 10.7. The van der Waals surface area contributed by atoms with Gasteiger partial charge in [0.1, 0.15) is 0 Å². The molecule has 118 valence electrons. The minimum absolute atomic E-state index is 0.0829. The van der Waals surface area contributed by atoms with E-state index in [9.17, 15) is 4.79 Å². The molecule has 1 saturated heterocycles. The molecular formula is C17H23N3O2. The molecule has 3 N–H and O–H groups in total. The van der Waals surface area contributed by atoms with Gasteiger partial charge in [-0.15, -0.1) is 0 Å². The van der Waals surface area contributed by atoms with Gasteiger partial charge in [-0.3, -0.25) is 4.79 Å². The first-order valence-corrected chi connectivity index (χ1v) is 7.87. The van der Waals surface area contributed by atoms with E-state index in [-0.39, 0.29) is 11.9 Å². The SMILES string of the molecule is Cc1cccc2[nH]cc(CCNC(=O)CC3COCCN3)c12. The number of hydrogen-bond donors (Lipinski definition) is 3. The van der Waals surface area contributed by atoms with Crippen LogP contribution >= 0.6 is 0 Å². The van der Waals surface area contributed by atoms with E-state index < -0.39 is 0 Å². The van der Waals surface area contributed by atoms with Crippen LogP contribution in [-0.4, -0.2) is 43.2 Å². The van der Waals surface area contributed by atoms with Crippen molar-refractivity contribution < 1.29 is 9.53 Å². The number of nitrogens with one attached hydrogen (secondary N) is 3. The van der Waals surface area contributed by atoms with Crippen LogP contribution in [0.15, 0.2) is 24.4 Å². The first-order valence-electron chi connectivity index (χ1n) is 7.87. The number of amides is 1. The van der Waals surface area contributed by atoms with Crippen molar-refractivity contribution in [2.75, 3.05) is 26.3 Å². The van der Waals surface area contributed by atoms with Crippen molar-refractivity contribution >= 4 is 16.8 Å². The molecular weight excluding hydrogens is 278 g/mol. The summed E-state index contributed by atoms with van der Waals surface area (Å²) in [6.07, 6.45) is 3.36. The second-order valence-corrected chi connectivity index (χ2v) is 5.84. The number of H-pyrrole nitrogens is 1. The third-order valence-electron chi connectivity index (χ3n) is 4.14. The molecule has 2 heterocycles. The van der Waals surface area contributed by atoms with Crippen LogP contribution < -0.4 is 10.6 Å². The van der Waals surface area contributed by atoms with Gasteiger partial charge in [-0.25, -0.2) is 0 Å². The smallest absolute Gasteiger partial charge is 0.221 e. The van der Waals surface area contributed by atoms with Crippen LogP contribution in [0.1, 0.15) is 17.5 Å². The molecule has 1 aromatic carbocycles. The zero-order valence-electron chi connectivity index (χ0n) is 12.9. The Morgan fingerprint density at radius 2 is 2.36 bits per heavy atom. The maximum atomic E-state index is 12.0. The number of benzene rings is 1. The average molecular weight is 301 g/mol. The molecule has 5 heteroatoms. The van der Waals surface area contributed by atoms with E-state index >= 15 is 0 Å². The van der Waals surface area contributed by atoms with Crippen LogP contribution in [0.25, 0.3) is 10.9 Å². The van der Waals surface area contributed by atoms with Crippen molar-refractivity contribution in [2.45, 2.75) is 25.8 Å². The van der Waals surface area contributed by atoms with E-state index in [0.29, 0.717) is 19.6 Å². The fraction of sp³-hybridized carbons (Fsp3) is 0.471. The number of hydrogen-bond acceptors (Lipinski definition) is 3. The van der Waals surface area contributed by atoms with Gasteiger partial charge in [-0.05, 0) is 30.5 Å². The highest BCUT2D eigenvalue weighted by Gasteiger charge is 2.16. The van der Waals surface area contributed by atoms with Gasteiger partial charge >= 0.3 is 0 Å². The van der Waals surface area contributed by atoms with Crippen LogP contribution in [0, 0.1) is 6.92 Å². The van der Waals surface area contributed by atoms with Gasteiger partial charge in [-0.2, -0.15) is 0 Å². The maximum absolute atomic E-state index is 12.0. The lowest BCUT2D eigenvalue weighted by Gasteiger charge is -2.23. The van der Waals surface area contributed by atoms with Crippen molar-refractivity contribution in [3.63, 3.8) is 0 Å². The number of aromatic amines is 1. The summed E-state index contributed by atoms with van der Waals surface area (Å²) in [5.74, 6) is 0.0829.